The summed E-state index contributed by atoms with van der Waals surface area (Å²) in [4.78, 5) is 11.9. The van der Waals surface area contributed by atoms with E-state index in [9.17, 15) is 4.79 Å². The third kappa shape index (κ3) is 3.99. The zero-order valence-electron chi connectivity index (χ0n) is 12.8. The van der Waals surface area contributed by atoms with Gasteiger partial charge in [-0.2, -0.15) is 0 Å². The molecule has 1 aromatic carbocycles. The van der Waals surface area contributed by atoms with Crippen LogP contribution < -0.4 is 10.6 Å². The lowest BCUT2D eigenvalue weighted by atomic mass is 9.99. The SMILES string of the molecule is CC(C)NC(=O)c1ccc(NC(C)C2CCCC2)cc1. The molecular weight excluding hydrogens is 248 g/mol. The summed E-state index contributed by atoms with van der Waals surface area (Å²) in [6, 6.07) is 8.46. The summed E-state index contributed by atoms with van der Waals surface area (Å²) in [5, 5.41) is 6.46. The maximum absolute atomic E-state index is 11.9. The van der Waals surface area contributed by atoms with Crippen molar-refractivity contribution in [1.29, 1.82) is 0 Å². The molecule has 2 N–H and O–H groups in total. The lowest BCUT2D eigenvalue weighted by Gasteiger charge is -2.21. The lowest BCUT2D eigenvalue weighted by molar-refractivity contribution is 0.0943. The Morgan fingerprint density at radius 3 is 2.25 bits per heavy atom. The summed E-state index contributed by atoms with van der Waals surface area (Å²) in [7, 11) is 0. The van der Waals surface area contributed by atoms with Gasteiger partial charge in [-0.1, -0.05) is 12.8 Å². The number of benzene rings is 1. The molecule has 1 atom stereocenters. The Morgan fingerprint density at radius 1 is 1.10 bits per heavy atom. The van der Waals surface area contributed by atoms with Crippen molar-refractivity contribution in [1.82, 2.24) is 5.32 Å². The van der Waals surface area contributed by atoms with Crippen molar-refractivity contribution in [3.8, 4) is 0 Å². The molecule has 110 valence electrons. The average Bonchev–Trinajstić information content (AvgIpc) is 2.92. The fourth-order valence-electron chi connectivity index (χ4n) is 2.90. The minimum absolute atomic E-state index is 0.00427. The zero-order valence-corrected chi connectivity index (χ0v) is 12.8. The second-order valence-corrected chi connectivity index (χ2v) is 6.18. The van der Waals surface area contributed by atoms with Gasteiger partial charge in [0.2, 0.25) is 0 Å². The standard InChI is InChI=1S/C17H26N2O/c1-12(2)18-17(20)15-8-10-16(11-9-15)19-13(3)14-6-4-5-7-14/h8-14,19H,4-7H2,1-3H3,(H,18,20). The molecule has 3 nitrogen and oxygen atoms in total. The van der Waals surface area contributed by atoms with Gasteiger partial charge in [0.15, 0.2) is 0 Å². The van der Waals surface area contributed by atoms with Gasteiger partial charge in [-0.25, -0.2) is 0 Å². The molecule has 0 aromatic heterocycles. The highest BCUT2D eigenvalue weighted by Gasteiger charge is 2.21. The molecule has 1 aromatic rings. The predicted molar refractivity (Wildman–Crippen MR) is 84.1 cm³/mol. The van der Waals surface area contributed by atoms with Gasteiger partial charge in [-0.15, -0.1) is 0 Å². The molecule has 1 aliphatic rings. The summed E-state index contributed by atoms with van der Waals surface area (Å²) < 4.78 is 0. The second-order valence-electron chi connectivity index (χ2n) is 6.18. The largest absolute Gasteiger partial charge is 0.382 e. The Balaban J connectivity index is 1.92. The Bertz CT molecular complexity index is 433. The predicted octanol–water partition coefficient (Wildman–Crippen LogP) is 3.82. The van der Waals surface area contributed by atoms with Crippen molar-refractivity contribution < 1.29 is 4.79 Å². The Kier molecular flexibility index (Phi) is 5.05. The lowest BCUT2D eigenvalue weighted by Crippen LogP contribution is -2.30. The molecule has 1 aliphatic carbocycles. The average molecular weight is 274 g/mol. The van der Waals surface area contributed by atoms with Crippen LogP contribution in [0.3, 0.4) is 0 Å². The Morgan fingerprint density at radius 2 is 1.70 bits per heavy atom. The zero-order chi connectivity index (χ0) is 14.5. The fourth-order valence-corrected chi connectivity index (χ4v) is 2.90. The van der Waals surface area contributed by atoms with Crippen LogP contribution in [0.15, 0.2) is 24.3 Å². The van der Waals surface area contributed by atoms with Crippen molar-refractivity contribution in [2.45, 2.75) is 58.5 Å². The maximum Gasteiger partial charge on any atom is 0.251 e. The first-order chi connectivity index (χ1) is 9.56. The van der Waals surface area contributed by atoms with Crippen LogP contribution in [-0.4, -0.2) is 18.0 Å². The molecular formula is C17H26N2O. The molecule has 20 heavy (non-hydrogen) atoms. The van der Waals surface area contributed by atoms with Crippen LogP contribution in [-0.2, 0) is 0 Å². The molecule has 0 spiro atoms. The van der Waals surface area contributed by atoms with Gasteiger partial charge in [-0.05, 0) is 63.8 Å². The van der Waals surface area contributed by atoms with Gasteiger partial charge in [0.25, 0.3) is 5.91 Å². The van der Waals surface area contributed by atoms with Gasteiger partial charge in [0.05, 0.1) is 0 Å². The second kappa shape index (κ2) is 6.78. The maximum atomic E-state index is 11.9. The van der Waals surface area contributed by atoms with Crippen molar-refractivity contribution in [2.75, 3.05) is 5.32 Å². The van der Waals surface area contributed by atoms with E-state index in [1.54, 1.807) is 0 Å². The van der Waals surface area contributed by atoms with E-state index in [1.807, 2.05) is 38.1 Å². The minimum Gasteiger partial charge on any atom is -0.382 e. The highest BCUT2D eigenvalue weighted by atomic mass is 16.1. The summed E-state index contributed by atoms with van der Waals surface area (Å²) in [6.45, 7) is 6.20. The third-order valence-electron chi connectivity index (χ3n) is 4.07. The van der Waals surface area contributed by atoms with E-state index in [0.717, 1.165) is 17.2 Å². The van der Waals surface area contributed by atoms with Gasteiger partial charge in [0, 0.05) is 23.3 Å². The van der Waals surface area contributed by atoms with Crippen LogP contribution in [0.2, 0.25) is 0 Å². The molecule has 1 saturated carbocycles. The normalized spacial score (nSPS) is 17.2. The molecule has 0 aliphatic heterocycles. The van der Waals surface area contributed by atoms with Crippen molar-refractivity contribution >= 4 is 11.6 Å². The van der Waals surface area contributed by atoms with Crippen LogP contribution in [0.4, 0.5) is 5.69 Å². The van der Waals surface area contributed by atoms with Gasteiger partial charge < -0.3 is 10.6 Å². The first-order valence-corrected chi connectivity index (χ1v) is 7.73. The summed E-state index contributed by atoms with van der Waals surface area (Å²) in [6.07, 6.45) is 5.40. The summed E-state index contributed by atoms with van der Waals surface area (Å²) in [5.41, 5.74) is 1.82. The van der Waals surface area contributed by atoms with Crippen molar-refractivity contribution in [3.63, 3.8) is 0 Å². The topological polar surface area (TPSA) is 41.1 Å². The number of nitrogens with one attached hydrogen (secondary N) is 2. The number of rotatable bonds is 5. The Labute approximate surface area is 122 Å². The van der Waals surface area contributed by atoms with E-state index in [4.69, 9.17) is 0 Å². The molecule has 1 amide bonds. The molecule has 1 unspecified atom stereocenters. The molecule has 0 bridgehead atoms. The van der Waals surface area contributed by atoms with E-state index < -0.39 is 0 Å². The fraction of sp³-hybridized carbons (Fsp3) is 0.588. The molecule has 3 heteroatoms. The number of carbonyl (C=O) groups is 1. The first-order valence-electron chi connectivity index (χ1n) is 7.73. The van der Waals surface area contributed by atoms with Crippen LogP contribution in [0, 0.1) is 5.92 Å². The van der Waals surface area contributed by atoms with E-state index in [1.165, 1.54) is 25.7 Å². The number of carbonyl (C=O) groups excluding carboxylic acids is 1. The van der Waals surface area contributed by atoms with Crippen molar-refractivity contribution in [3.05, 3.63) is 29.8 Å². The van der Waals surface area contributed by atoms with Crippen LogP contribution in [0.1, 0.15) is 56.8 Å². The van der Waals surface area contributed by atoms with Gasteiger partial charge in [-0.3, -0.25) is 4.79 Å². The van der Waals surface area contributed by atoms with Crippen LogP contribution in [0.25, 0.3) is 0 Å². The van der Waals surface area contributed by atoms with Crippen LogP contribution in [0.5, 0.6) is 0 Å². The summed E-state index contributed by atoms with van der Waals surface area (Å²) >= 11 is 0. The van der Waals surface area contributed by atoms with E-state index in [-0.39, 0.29) is 11.9 Å². The van der Waals surface area contributed by atoms with Crippen LogP contribution >= 0.6 is 0 Å². The number of hydrogen-bond donors (Lipinski definition) is 2. The molecule has 0 radical (unpaired) electrons. The minimum atomic E-state index is -0.00427. The van der Waals surface area contributed by atoms with Crippen molar-refractivity contribution in [2.24, 2.45) is 5.92 Å². The number of hydrogen-bond acceptors (Lipinski definition) is 2. The highest BCUT2D eigenvalue weighted by molar-refractivity contribution is 5.94. The van der Waals surface area contributed by atoms with E-state index in [2.05, 4.69) is 17.6 Å². The van der Waals surface area contributed by atoms with Gasteiger partial charge >= 0.3 is 0 Å². The monoisotopic (exact) mass is 274 g/mol. The smallest absolute Gasteiger partial charge is 0.251 e. The number of amides is 1. The summed E-state index contributed by atoms with van der Waals surface area (Å²) in [5.74, 6) is 0.786. The quantitative estimate of drug-likeness (QED) is 0.857. The molecule has 0 saturated heterocycles. The molecule has 0 heterocycles. The van der Waals surface area contributed by atoms with E-state index >= 15 is 0 Å². The molecule has 1 fully saturated rings. The van der Waals surface area contributed by atoms with Gasteiger partial charge in [0.1, 0.15) is 0 Å². The Hall–Kier alpha value is -1.51. The van der Waals surface area contributed by atoms with E-state index in [0.29, 0.717) is 6.04 Å². The highest BCUT2D eigenvalue weighted by Crippen LogP contribution is 2.29. The third-order valence-corrected chi connectivity index (χ3v) is 4.07. The first kappa shape index (κ1) is 14.9. The molecule has 2 rings (SSSR count). The number of anilines is 1.